The van der Waals surface area contributed by atoms with E-state index in [-0.39, 0.29) is 0 Å². The first-order chi connectivity index (χ1) is 4.81. The first kappa shape index (κ1) is 10.3. The first-order valence-electron chi connectivity index (χ1n) is 3.35. The molecule has 0 spiro atoms. The fourth-order valence-corrected chi connectivity index (χ4v) is 1.54. The van der Waals surface area contributed by atoms with Crippen LogP contribution in [0.3, 0.4) is 0 Å². The molecule has 0 unspecified atom stereocenters. The molecule has 10 heavy (non-hydrogen) atoms. The van der Waals surface area contributed by atoms with Crippen LogP contribution < -0.4 is 5.73 Å². The summed E-state index contributed by atoms with van der Waals surface area (Å²) in [6.07, 6.45) is 1.10. The second kappa shape index (κ2) is 7.45. The van der Waals surface area contributed by atoms with Gasteiger partial charge in [-0.05, 0) is 25.6 Å². The molecule has 0 atom stereocenters. The molecule has 0 aromatic rings. The van der Waals surface area contributed by atoms with Crippen LogP contribution in [0.2, 0.25) is 0 Å². The number of halogens is 1. The zero-order valence-electron chi connectivity index (χ0n) is 6.27. The lowest BCUT2D eigenvalue weighted by Crippen LogP contribution is -1.99. The smallest absolute Gasteiger partial charge is 0.0152 e. The summed E-state index contributed by atoms with van der Waals surface area (Å²) >= 11 is 7.34. The maximum Gasteiger partial charge on any atom is 0.0152 e. The molecule has 0 amide bonds. The number of rotatable bonds is 5. The summed E-state index contributed by atoms with van der Waals surface area (Å²) in [6.45, 7) is 2.82. The van der Waals surface area contributed by atoms with E-state index in [1.54, 1.807) is 5.54 Å². The molecule has 0 heterocycles. The largest absolute Gasteiger partial charge is 0.330 e. The van der Waals surface area contributed by atoms with Crippen molar-refractivity contribution in [1.82, 2.24) is 0 Å². The predicted molar refractivity (Wildman–Crippen MR) is 50.6 cm³/mol. The maximum absolute atomic E-state index is 5.46. The third kappa shape index (κ3) is 6.46. The van der Waals surface area contributed by atoms with Gasteiger partial charge < -0.3 is 5.73 Å². The molecule has 0 radical (unpaired) electrons. The van der Waals surface area contributed by atoms with E-state index < -0.39 is 0 Å². The Morgan fingerprint density at radius 1 is 1.70 bits per heavy atom. The van der Waals surface area contributed by atoms with Crippen LogP contribution in [-0.2, 0) is 0 Å². The molecular weight excluding hydrogens is 166 g/mol. The van der Waals surface area contributed by atoms with E-state index in [2.05, 4.69) is 0 Å². The molecule has 0 bridgehead atoms. The Kier molecular flexibility index (Phi) is 7.70. The van der Waals surface area contributed by atoms with Crippen molar-refractivity contribution in [3.63, 3.8) is 0 Å². The highest BCUT2D eigenvalue weighted by molar-refractivity contribution is 7.99. The van der Waals surface area contributed by atoms with Crippen molar-refractivity contribution in [1.29, 1.82) is 0 Å². The lowest BCUT2D eigenvalue weighted by Gasteiger charge is -1.98. The lowest BCUT2D eigenvalue weighted by molar-refractivity contribution is 0.943. The van der Waals surface area contributed by atoms with E-state index in [0.29, 0.717) is 0 Å². The Labute approximate surface area is 72.0 Å². The van der Waals surface area contributed by atoms with Crippen molar-refractivity contribution in [3.8, 4) is 0 Å². The van der Waals surface area contributed by atoms with Gasteiger partial charge in [0, 0.05) is 11.3 Å². The minimum Gasteiger partial charge on any atom is -0.330 e. The van der Waals surface area contributed by atoms with Crippen LogP contribution in [0.25, 0.3) is 0 Å². The average molecular weight is 180 g/mol. The van der Waals surface area contributed by atoms with Gasteiger partial charge in [-0.15, -0.1) is 0 Å². The highest BCUT2D eigenvalue weighted by Crippen LogP contribution is 2.08. The summed E-state index contributed by atoms with van der Waals surface area (Å²) in [5.74, 6) is 2.17. The van der Waals surface area contributed by atoms with Gasteiger partial charge in [0.15, 0.2) is 0 Å². The maximum atomic E-state index is 5.46. The summed E-state index contributed by atoms with van der Waals surface area (Å²) < 4.78 is 0. The zero-order valence-corrected chi connectivity index (χ0v) is 7.84. The predicted octanol–water partition coefficient (Wildman–Crippen LogP) is 2.21. The van der Waals surface area contributed by atoms with E-state index in [1.165, 1.54) is 5.57 Å². The van der Waals surface area contributed by atoms with Gasteiger partial charge in [0.2, 0.25) is 0 Å². The van der Waals surface area contributed by atoms with Crippen molar-refractivity contribution in [2.75, 3.05) is 18.1 Å². The summed E-state index contributed by atoms with van der Waals surface area (Å²) in [5.41, 5.74) is 8.18. The van der Waals surface area contributed by atoms with Crippen LogP contribution in [0.4, 0.5) is 0 Å². The normalized spacial score (nSPS) is 12.1. The summed E-state index contributed by atoms with van der Waals surface area (Å²) in [6, 6.07) is 0. The van der Waals surface area contributed by atoms with Crippen LogP contribution in [0.5, 0.6) is 0 Å². The van der Waals surface area contributed by atoms with E-state index in [1.807, 2.05) is 18.7 Å². The Balaban J connectivity index is 3.04. The fourth-order valence-electron chi connectivity index (χ4n) is 0.450. The molecular formula is C7H14ClNS. The Morgan fingerprint density at radius 3 is 2.90 bits per heavy atom. The van der Waals surface area contributed by atoms with Crippen molar-refractivity contribution in [2.24, 2.45) is 5.73 Å². The summed E-state index contributed by atoms with van der Waals surface area (Å²) in [4.78, 5) is 0. The average Bonchev–Trinajstić information content (AvgIpc) is 1.98. The number of thioether (sulfide) groups is 1. The Bertz CT molecular complexity index is 104. The molecule has 60 valence electrons. The number of hydrogen-bond donors (Lipinski definition) is 1. The first-order valence-corrected chi connectivity index (χ1v) is 4.94. The van der Waals surface area contributed by atoms with E-state index in [9.17, 15) is 0 Å². The van der Waals surface area contributed by atoms with Gasteiger partial charge in [0.05, 0.1) is 0 Å². The standard InChI is InChI=1S/C7H14ClNS/c1-7(5-8)6-10-4-2-3-9/h5H,2-4,6,9H2,1H3/b7-5+. The third-order valence-corrected chi connectivity index (χ3v) is 2.62. The molecule has 2 N–H and O–H groups in total. The molecule has 3 heteroatoms. The molecule has 0 rings (SSSR count). The fraction of sp³-hybridized carbons (Fsp3) is 0.714. The van der Waals surface area contributed by atoms with Gasteiger partial charge in [-0.25, -0.2) is 0 Å². The molecule has 0 fully saturated rings. The van der Waals surface area contributed by atoms with Crippen molar-refractivity contribution in [3.05, 3.63) is 11.1 Å². The molecule has 0 aliphatic heterocycles. The van der Waals surface area contributed by atoms with E-state index in [0.717, 1.165) is 24.5 Å². The molecule has 0 saturated carbocycles. The third-order valence-electron chi connectivity index (χ3n) is 1.01. The van der Waals surface area contributed by atoms with Crippen molar-refractivity contribution < 1.29 is 0 Å². The topological polar surface area (TPSA) is 26.0 Å². The highest BCUT2D eigenvalue weighted by atomic mass is 35.5. The second-order valence-corrected chi connectivity index (χ2v) is 3.47. The highest BCUT2D eigenvalue weighted by Gasteiger charge is 1.89. The van der Waals surface area contributed by atoms with Gasteiger partial charge in [0.25, 0.3) is 0 Å². The summed E-state index contributed by atoms with van der Waals surface area (Å²) in [5, 5.41) is 0. The Morgan fingerprint density at radius 2 is 2.40 bits per heavy atom. The van der Waals surface area contributed by atoms with Gasteiger partial charge in [0.1, 0.15) is 0 Å². The van der Waals surface area contributed by atoms with Crippen LogP contribution in [0.15, 0.2) is 11.1 Å². The monoisotopic (exact) mass is 179 g/mol. The molecule has 0 saturated heterocycles. The quantitative estimate of drug-likeness (QED) is 0.655. The van der Waals surface area contributed by atoms with E-state index >= 15 is 0 Å². The van der Waals surface area contributed by atoms with Crippen LogP contribution >= 0.6 is 23.4 Å². The molecule has 0 aromatic heterocycles. The van der Waals surface area contributed by atoms with Crippen LogP contribution in [0, 0.1) is 0 Å². The van der Waals surface area contributed by atoms with E-state index in [4.69, 9.17) is 17.3 Å². The summed E-state index contributed by atoms with van der Waals surface area (Å²) in [7, 11) is 0. The van der Waals surface area contributed by atoms with Gasteiger partial charge in [-0.2, -0.15) is 11.8 Å². The molecule has 0 aliphatic rings. The zero-order chi connectivity index (χ0) is 7.82. The van der Waals surface area contributed by atoms with Gasteiger partial charge in [-0.3, -0.25) is 0 Å². The lowest BCUT2D eigenvalue weighted by atomic mass is 10.4. The minimum atomic E-state index is 0.788. The minimum absolute atomic E-state index is 0.788. The van der Waals surface area contributed by atoms with Gasteiger partial charge >= 0.3 is 0 Å². The molecule has 0 aromatic carbocycles. The Hall–Kier alpha value is 0.340. The van der Waals surface area contributed by atoms with Crippen molar-refractivity contribution >= 4 is 23.4 Å². The SMILES string of the molecule is C/C(=C\Cl)CSCCCN. The van der Waals surface area contributed by atoms with Crippen LogP contribution in [0.1, 0.15) is 13.3 Å². The van der Waals surface area contributed by atoms with Crippen molar-refractivity contribution in [2.45, 2.75) is 13.3 Å². The van der Waals surface area contributed by atoms with Crippen LogP contribution in [-0.4, -0.2) is 18.1 Å². The molecule has 1 nitrogen and oxygen atoms in total. The number of hydrogen-bond acceptors (Lipinski definition) is 2. The second-order valence-electron chi connectivity index (χ2n) is 2.15. The van der Waals surface area contributed by atoms with Gasteiger partial charge in [-0.1, -0.05) is 17.2 Å². The number of nitrogens with two attached hydrogens (primary N) is 1. The molecule has 0 aliphatic carbocycles.